The van der Waals surface area contributed by atoms with Crippen LogP contribution in [0.5, 0.6) is 5.75 Å². The van der Waals surface area contributed by atoms with E-state index in [1.807, 2.05) is 24.3 Å². The molecule has 0 N–H and O–H groups in total. The van der Waals surface area contributed by atoms with Gasteiger partial charge in [0.25, 0.3) is 0 Å². The number of carbonyl (C=O) groups excluding carboxylic acids is 1. The maximum absolute atomic E-state index is 12.1. The number of hydrogen-bond donors (Lipinski definition) is 0. The van der Waals surface area contributed by atoms with E-state index in [1.165, 1.54) is 32.4 Å². The van der Waals surface area contributed by atoms with Crippen LogP contribution in [-0.2, 0) is 0 Å². The molecular weight excluding hydrogens is 366 g/mol. The first-order chi connectivity index (χ1) is 11.8. The highest BCUT2D eigenvalue weighted by atomic mass is 79.9. The predicted octanol–water partition coefficient (Wildman–Crippen LogP) is 5.08. The number of benzene rings is 1. The Morgan fingerprint density at radius 3 is 2.46 bits per heavy atom. The van der Waals surface area contributed by atoms with Crippen LogP contribution in [0, 0.1) is 0 Å². The Balaban J connectivity index is 1.63. The largest absolute Gasteiger partial charge is 0.494 e. The number of nitrogens with zero attached hydrogens (tertiary/aromatic N) is 1. The molecule has 1 heterocycles. The van der Waals surface area contributed by atoms with E-state index in [2.05, 4.69) is 20.8 Å². The molecule has 1 fully saturated rings. The summed E-state index contributed by atoms with van der Waals surface area (Å²) in [5, 5.41) is 1.02. The van der Waals surface area contributed by atoms with Crippen molar-refractivity contribution in [1.29, 1.82) is 0 Å². The quantitative estimate of drug-likeness (QED) is 0.297. The molecule has 1 aliphatic heterocycles. The monoisotopic (exact) mass is 395 g/mol. The minimum atomic E-state index is 0.237. The molecule has 134 valence electrons. The lowest BCUT2D eigenvalue weighted by atomic mass is 10.0. The molecule has 0 bridgehead atoms. The summed E-state index contributed by atoms with van der Waals surface area (Å²) >= 11 is 3.42. The normalized spacial score (nSPS) is 15.4. The third kappa shape index (κ3) is 7.35. The molecule has 0 saturated carbocycles. The minimum Gasteiger partial charge on any atom is -0.494 e. The highest BCUT2D eigenvalue weighted by Gasteiger charge is 2.09. The molecule has 0 aromatic heterocycles. The van der Waals surface area contributed by atoms with Gasteiger partial charge < -0.3 is 9.64 Å². The summed E-state index contributed by atoms with van der Waals surface area (Å²) < 4.78 is 5.80. The number of ether oxygens (including phenoxy) is 1. The van der Waals surface area contributed by atoms with Gasteiger partial charge in [0.1, 0.15) is 5.75 Å². The fourth-order valence-corrected chi connectivity index (χ4v) is 3.50. The standard InChI is InChI=1S/C20H30BrNO2/c21-13-4-1-3-8-20(23)18-9-11-19(12-10-18)24-17-7-16-22-14-5-2-6-15-22/h9-12H,1-8,13-17H2. The molecule has 1 saturated heterocycles. The van der Waals surface area contributed by atoms with Crippen LogP contribution in [0.2, 0.25) is 0 Å². The second-order valence-electron chi connectivity index (χ2n) is 6.55. The highest BCUT2D eigenvalue weighted by Crippen LogP contribution is 2.15. The van der Waals surface area contributed by atoms with Crippen LogP contribution in [0.3, 0.4) is 0 Å². The second kappa shape index (κ2) is 11.6. The van der Waals surface area contributed by atoms with Crippen molar-refractivity contribution in [2.45, 2.75) is 51.4 Å². The van der Waals surface area contributed by atoms with Gasteiger partial charge in [-0.15, -0.1) is 0 Å². The first-order valence-electron chi connectivity index (χ1n) is 9.34. The van der Waals surface area contributed by atoms with Gasteiger partial charge in [-0.25, -0.2) is 0 Å². The van der Waals surface area contributed by atoms with Crippen LogP contribution in [0.15, 0.2) is 24.3 Å². The number of rotatable bonds is 11. The van der Waals surface area contributed by atoms with E-state index in [-0.39, 0.29) is 5.78 Å². The molecule has 3 nitrogen and oxygen atoms in total. The van der Waals surface area contributed by atoms with Crippen LogP contribution in [-0.4, -0.2) is 42.3 Å². The molecule has 0 radical (unpaired) electrons. The van der Waals surface area contributed by atoms with Gasteiger partial charge in [0, 0.05) is 23.9 Å². The van der Waals surface area contributed by atoms with Crippen molar-refractivity contribution in [3.8, 4) is 5.75 Å². The van der Waals surface area contributed by atoms with E-state index >= 15 is 0 Å². The summed E-state index contributed by atoms with van der Waals surface area (Å²) in [5.41, 5.74) is 0.800. The van der Waals surface area contributed by atoms with Gasteiger partial charge in [-0.2, -0.15) is 0 Å². The number of ketones is 1. The number of Topliss-reactive ketones (excluding diaryl/α,β-unsaturated/α-hetero) is 1. The zero-order chi connectivity index (χ0) is 17.0. The average molecular weight is 396 g/mol. The Labute approximate surface area is 154 Å². The van der Waals surface area contributed by atoms with Gasteiger partial charge in [0.2, 0.25) is 0 Å². The van der Waals surface area contributed by atoms with Crippen LogP contribution < -0.4 is 4.74 Å². The van der Waals surface area contributed by atoms with E-state index in [1.54, 1.807) is 0 Å². The van der Waals surface area contributed by atoms with E-state index < -0.39 is 0 Å². The van der Waals surface area contributed by atoms with Crippen molar-refractivity contribution in [1.82, 2.24) is 4.90 Å². The predicted molar refractivity (Wildman–Crippen MR) is 103 cm³/mol. The summed E-state index contributed by atoms with van der Waals surface area (Å²) in [5.74, 6) is 1.10. The SMILES string of the molecule is O=C(CCCCCBr)c1ccc(OCCCN2CCCCC2)cc1. The van der Waals surface area contributed by atoms with Crippen molar-refractivity contribution < 1.29 is 9.53 Å². The molecule has 1 aromatic rings. The summed E-state index contributed by atoms with van der Waals surface area (Å²) in [6.07, 6.45) is 8.98. The topological polar surface area (TPSA) is 29.5 Å². The lowest BCUT2D eigenvalue weighted by Gasteiger charge is -2.26. The van der Waals surface area contributed by atoms with Gasteiger partial charge in [0.05, 0.1) is 6.61 Å². The molecular formula is C20H30BrNO2. The maximum atomic E-state index is 12.1. The molecule has 2 rings (SSSR count). The first-order valence-corrected chi connectivity index (χ1v) is 10.5. The Morgan fingerprint density at radius 2 is 1.75 bits per heavy atom. The lowest BCUT2D eigenvalue weighted by molar-refractivity contribution is 0.0979. The van der Waals surface area contributed by atoms with Gasteiger partial charge in [-0.3, -0.25) is 4.79 Å². The molecule has 24 heavy (non-hydrogen) atoms. The third-order valence-electron chi connectivity index (χ3n) is 4.55. The Morgan fingerprint density at radius 1 is 1.00 bits per heavy atom. The Hall–Kier alpha value is -0.870. The van der Waals surface area contributed by atoms with Crippen LogP contribution in [0.4, 0.5) is 0 Å². The fourth-order valence-electron chi connectivity index (χ4n) is 3.10. The zero-order valence-corrected chi connectivity index (χ0v) is 16.2. The van der Waals surface area contributed by atoms with Gasteiger partial charge in [-0.1, -0.05) is 28.8 Å². The summed E-state index contributed by atoms with van der Waals surface area (Å²) in [7, 11) is 0. The molecule has 1 aliphatic rings. The maximum Gasteiger partial charge on any atom is 0.162 e. The van der Waals surface area contributed by atoms with Gasteiger partial charge in [0.15, 0.2) is 5.78 Å². The third-order valence-corrected chi connectivity index (χ3v) is 5.11. The number of alkyl halides is 1. The minimum absolute atomic E-state index is 0.237. The van der Waals surface area contributed by atoms with Crippen LogP contribution in [0.25, 0.3) is 0 Å². The van der Waals surface area contributed by atoms with Gasteiger partial charge >= 0.3 is 0 Å². The van der Waals surface area contributed by atoms with Crippen molar-refractivity contribution in [2.24, 2.45) is 0 Å². The van der Waals surface area contributed by atoms with E-state index in [9.17, 15) is 4.79 Å². The molecule has 0 unspecified atom stereocenters. The molecule has 0 aliphatic carbocycles. The van der Waals surface area contributed by atoms with Crippen LogP contribution >= 0.6 is 15.9 Å². The summed E-state index contributed by atoms with van der Waals surface area (Å²) in [4.78, 5) is 14.6. The first kappa shape index (κ1) is 19.5. The van der Waals surface area contributed by atoms with E-state index in [4.69, 9.17) is 4.74 Å². The van der Waals surface area contributed by atoms with Crippen LogP contribution in [0.1, 0.15) is 61.7 Å². The summed E-state index contributed by atoms with van der Waals surface area (Å²) in [6, 6.07) is 7.64. The second-order valence-corrected chi connectivity index (χ2v) is 7.34. The number of piperidine rings is 1. The van der Waals surface area contributed by atoms with Crippen molar-refractivity contribution in [2.75, 3.05) is 31.6 Å². The van der Waals surface area contributed by atoms with Crippen molar-refractivity contribution >= 4 is 21.7 Å². The number of halogens is 1. The average Bonchev–Trinajstić information content (AvgIpc) is 2.63. The van der Waals surface area contributed by atoms with Gasteiger partial charge in [-0.05, 0) is 69.5 Å². The molecule has 0 spiro atoms. The van der Waals surface area contributed by atoms with Crippen molar-refractivity contribution in [3.05, 3.63) is 29.8 Å². The zero-order valence-electron chi connectivity index (χ0n) is 14.6. The highest BCUT2D eigenvalue weighted by molar-refractivity contribution is 9.09. The number of likely N-dealkylation sites (tertiary alicyclic amines) is 1. The molecule has 0 atom stereocenters. The Bertz CT molecular complexity index is 469. The number of unbranched alkanes of at least 4 members (excludes halogenated alkanes) is 2. The molecule has 0 amide bonds. The van der Waals surface area contributed by atoms with Crippen molar-refractivity contribution in [3.63, 3.8) is 0 Å². The lowest BCUT2D eigenvalue weighted by Crippen LogP contribution is -2.31. The molecule has 1 aromatic carbocycles. The smallest absolute Gasteiger partial charge is 0.162 e. The number of carbonyl (C=O) groups is 1. The number of hydrogen-bond acceptors (Lipinski definition) is 3. The van der Waals surface area contributed by atoms with E-state index in [0.717, 1.165) is 55.5 Å². The van der Waals surface area contributed by atoms with E-state index in [0.29, 0.717) is 6.42 Å². The Kier molecular flexibility index (Phi) is 9.44. The molecule has 4 heteroatoms. The fraction of sp³-hybridized carbons (Fsp3) is 0.650. The summed E-state index contributed by atoms with van der Waals surface area (Å²) in [6.45, 7) is 4.36.